The summed E-state index contributed by atoms with van der Waals surface area (Å²) in [5.41, 5.74) is 1.74. The molecule has 2 heterocycles. The molecular formula is C17H16ClN3O2S. The lowest BCUT2D eigenvalue weighted by Crippen LogP contribution is -2.17. The number of halogens is 1. The van der Waals surface area contributed by atoms with Gasteiger partial charge in [-0.1, -0.05) is 17.7 Å². The number of benzene rings is 1. The zero-order valence-corrected chi connectivity index (χ0v) is 15.0. The molecule has 124 valence electrons. The average molecular weight is 362 g/mol. The summed E-state index contributed by atoms with van der Waals surface area (Å²) in [7, 11) is 3.80. The lowest BCUT2D eigenvalue weighted by atomic mass is 10.2. The number of aromatic nitrogens is 1. The number of nitrogens with zero attached hydrogens (tertiary/aromatic N) is 2. The van der Waals surface area contributed by atoms with Crippen molar-refractivity contribution in [1.82, 2.24) is 4.98 Å². The normalized spacial score (nSPS) is 10.7. The fraction of sp³-hybridized carbons (Fsp3) is 0.176. The monoisotopic (exact) mass is 361 g/mol. The summed E-state index contributed by atoms with van der Waals surface area (Å²) in [4.78, 5) is 19.7. The van der Waals surface area contributed by atoms with Gasteiger partial charge in [-0.25, -0.2) is 4.98 Å². The number of amides is 1. The predicted octanol–water partition coefficient (Wildman–Crippen LogP) is 4.68. The van der Waals surface area contributed by atoms with Crippen LogP contribution in [-0.2, 0) is 0 Å². The van der Waals surface area contributed by atoms with Crippen LogP contribution in [0.5, 0.6) is 0 Å². The van der Waals surface area contributed by atoms with E-state index in [9.17, 15) is 4.79 Å². The first-order chi connectivity index (χ1) is 11.5. The van der Waals surface area contributed by atoms with Crippen molar-refractivity contribution in [3.63, 3.8) is 0 Å². The highest BCUT2D eigenvalue weighted by atomic mass is 35.5. The number of hydrogen-bond acceptors (Lipinski definition) is 5. The smallest absolute Gasteiger partial charge is 0.277 e. The topological polar surface area (TPSA) is 58.4 Å². The summed E-state index contributed by atoms with van der Waals surface area (Å²) in [6.45, 7) is 1.73. The zero-order chi connectivity index (χ0) is 17.3. The van der Waals surface area contributed by atoms with Gasteiger partial charge >= 0.3 is 0 Å². The van der Waals surface area contributed by atoms with Crippen molar-refractivity contribution in [2.24, 2.45) is 0 Å². The van der Waals surface area contributed by atoms with Crippen LogP contribution in [0.4, 0.5) is 11.4 Å². The second-order valence-electron chi connectivity index (χ2n) is 5.41. The Morgan fingerprint density at radius 3 is 2.79 bits per heavy atom. The standard InChI is InChI=1S/C17H16ClN3O2S/c1-10-15(20-17(23-10)14-5-4-8-24-14)16(22)19-12-9-11(18)6-7-13(12)21(2)3/h4-9H,1-3H3,(H,19,22). The average Bonchev–Trinajstić information content (AvgIpc) is 3.16. The molecule has 0 saturated heterocycles. The van der Waals surface area contributed by atoms with Crippen LogP contribution in [-0.4, -0.2) is 25.0 Å². The Morgan fingerprint density at radius 1 is 1.33 bits per heavy atom. The van der Waals surface area contributed by atoms with Crippen molar-refractivity contribution >= 4 is 40.2 Å². The maximum absolute atomic E-state index is 12.6. The minimum Gasteiger partial charge on any atom is -0.440 e. The van der Waals surface area contributed by atoms with E-state index >= 15 is 0 Å². The Bertz CT molecular complexity index is 872. The second kappa shape index (κ2) is 6.67. The summed E-state index contributed by atoms with van der Waals surface area (Å²) in [5, 5.41) is 5.35. The fourth-order valence-electron chi connectivity index (χ4n) is 2.29. The lowest BCUT2D eigenvalue weighted by molar-refractivity contribution is 0.102. The number of thiophene rings is 1. The number of rotatable bonds is 4. The van der Waals surface area contributed by atoms with Crippen molar-refractivity contribution in [1.29, 1.82) is 0 Å². The molecule has 24 heavy (non-hydrogen) atoms. The number of carbonyl (C=O) groups is 1. The van der Waals surface area contributed by atoms with E-state index in [2.05, 4.69) is 10.3 Å². The second-order valence-corrected chi connectivity index (χ2v) is 6.80. The summed E-state index contributed by atoms with van der Waals surface area (Å²) < 4.78 is 5.62. The molecule has 0 aliphatic rings. The van der Waals surface area contributed by atoms with E-state index in [-0.39, 0.29) is 11.6 Å². The molecule has 1 N–H and O–H groups in total. The van der Waals surface area contributed by atoms with Crippen LogP contribution in [0.2, 0.25) is 5.02 Å². The first kappa shape index (κ1) is 16.5. The Kier molecular flexibility index (Phi) is 4.59. The van der Waals surface area contributed by atoms with E-state index in [1.54, 1.807) is 19.1 Å². The number of anilines is 2. The predicted molar refractivity (Wildman–Crippen MR) is 98.3 cm³/mol. The van der Waals surface area contributed by atoms with Crippen LogP contribution in [0.1, 0.15) is 16.2 Å². The van der Waals surface area contributed by atoms with Crippen molar-refractivity contribution in [3.05, 3.63) is 52.2 Å². The van der Waals surface area contributed by atoms with Crippen LogP contribution in [0.25, 0.3) is 10.8 Å². The molecule has 0 unspecified atom stereocenters. The third-order valence-corrected chi connectivity index (χ3v) is 4.53. The van der Waals surface area contributed by atoms with Crippen LogP contribution < -0.4 is 10.2 Å². The Hall–Kier alpha value is -2.31. The third-order valence-electron chi connectivity index (χ3n) is 3.43. The van der Waals surface area contributed by atoms with Gasteiger partial charge in [-0.3, -0.25) is 4.79 Å². The van der Waals surface area contributed by atoms with E-state index in [4.69, 9.17) is 16.0 Å². The van der Waals surface area contributed by atoms with Crippen molar-refractivity contribution in [3.8, 4) is 10.8 Å². The van der Waals surface area contributed by atoms with Gasteiger partial charge < -0.3 is 14.6 Å². The Labute approximate surface area is 148 Å². The number of carbonyl (C=O) groups excluding carboxylic acids is 1. The van der Waals surface area contributed by atoms with Crippen molar-refractivity contribution in [2.45, 2.75) is 6.92 Å². The minimum atomic E-state index is -0.329. The molecule has 0 radical (unpaired) electrons. The molecule has 3 rings (SSSR count). The molecule has 0 aliphatic carbocycles. The van der Waals surface area contributed by atoms with Gasteiger partial charge in [0, 0.05) is 19.1 Å². The third kappa shape index (κ3) is 3.29. The molecule has 5 nitrogen and oxygen atoms in total. The highest BCUT2D eigenvalue weighted by Crippen LogP contribution is 2.30. The first-order valence-corrected chi connectivity index (χ1v) is 8.51. The van der Waals surface area contributed by atoms with Gasteiger partial charge in [0.25, 0.3) is 5.91 Å². The minimum absolute atomic E-state index is 0.267. The van der Waals surface area contributed by atoms with Crippen molar-refractivity contribution in [2.75, 3.05) is 24.3 Å². The van der Waals surface area contributed by atoms with Crippen LogP contribution >= 0.6 is 22.9 Å². The van der Waals surface area contributed by atoms with Gasteiger partial charge in [0.2, 0.25) is 5.89 Å². The highest BCUT2D eigenvalue weighted by Gasteiger charge is 2.20. The molecule has 0 spiro atoms. The van der Waals surface area contributed by atoms with Gasteiger partial charge in [0.05, 0.1) is 16.3 Å². The fourth-order valence-corrected chi connectivity index (χ4v) is 3.11. The largest absolute Gasteiger partial charge is 0.440 e. The Balaban J connectivity index is 1.90. The molecule has 0 atom stereocenters. The van der Waals surface area contributed by atoms with E-state index in [1.165, 1.54) is 11.3 Å². The SMILES string of the molecule is Cc1oc(-c2cccs2)nc1C(=O)Nc1cc(Cl)ccc1N(C)C. The molecule has 7 heteroatoms. The molecular weight excluding hydrogens is 346 g/mol. The van der Waals surface area contributed by atoms with Gasteiger partial charge in [-0.05, 0) is 36.6 Å². The molecule has 1 aromatic carbocycles. The van der Waals surface area contributed by atoms with E-state index < -0.39 is 0 Å². The van der Waals surface area contributed by atoms with Crippen LogP contribution in [0.3, 0.4) is 0 Å². The summed E-state index contributed by atoms with van der Waals surface area (Å²) in [6, 6.07) is 9.16. The van der Waals surface area contributed by atoms with E-state index in [0.29, 0.717) is 22.4 Å². The molecule has 0 bridgehead atoms. The molecule has 3 aromatic rings. The summed E-state index contributed by atoms with van der Waals surface area (Å²) in [6.07, 6.45) is 0. The van der Waals surface area contributed by atoms with Gasteiger partial charge in [0.1, 0.15) is 5.76 Å². The number of oxazole rings is 1. The summed E-state index contributed by atoms with van der Waals surface area (Å²) >= 11 is 7.56. The van der Waals surface area contributed by atoms with Crippen LogP contribution in [0, 0.1) is 6.92 Å². The van der Waals surface area contributed by atoms with Crippen LogP contribution in [0.15, 0.2) is 40.1 Å². The molecule has 1 amide bonds. The number of aryl methyl sites for hydroxylation is 1. The first-order valence-electron chi connectivity index (χ1n) is 7.25. The van der Waals surface area contributed by atoms with E-state index in [0.717, 1.165) is 10.6 Å². The molecule has 0 saturated carbocycles. The number of nitrogens with one attached hydrogen (secondary N) is 1. The Morgan fingerprint density at radius 2 is 2.12 bits per heavy atom. The quantitative estimate of drug-likeness (QED) is 0.732. The molecule has 0 fully saturated rings. The lowest BCUT2D eigenvalue weighted by Gasteiger charge is -2.17. The highest BCUT2D eigenvalue weighted by molar-refractivity contribution is 7.13. The van der Waals surface area contributed by atoms with E-state index in [1.807, 2.05) is 42.6 Å². The maximum Gasteiger partial charge on any atom is 0.277 e. The summed E-state index contributed by atoms with van der Waals surface area (Å²) in [5.74, 6) is 0.598. The van der Waals surface area contributed by atoms with Gasteiger partial charge in [0.15, 0.2) is 5.69 Å². The molecule has 2 aromatic heterocycles. The van der Waals surface area contributed by atoms with Crippen molar-refractivity contribution < 1.29 is 9.21 Å². The zero-order valence-electron chi connectivity index (χ0n) is 13.5. The number of hydrogen-bond donors (Lipinski definition) is 1. The van der Waals surface area contributed by atoms with Gasteiger partial charge in [-0.15, -0.1) is 11.3 Å². The molecule has 0 aliphatic heterocycles. The maximum atomic E-state index is 12.6. The van der Waals surface area contributed by atoms with Gasteiger partial charge in [-0.2, -0.15) is 0 Å².